The molecule has 0 aliphatic heterocycles. The molecule has 0 amide bonds. The van der Waals surface area contributed by atoms with Gasteiger partial charge in [-0.25, -0.2) is 4.39 Å². The number of benzene rings is 2. The van der Waals surface area contributed by atoms with Crippen LogP contribution < -0.4 is 10.1 Å². The molecule has 22 heavy (non-hydrogen) atoms. The summed E-state index contributed by atoms with van der Waals surface area (Å²) in [5, 5.41) is 10.7. The summed E-state index contributed by atoms with van der Waals surface area (Å²) < 4.78 is 18.5. The maximum atomic E-state index is 13.4. The summed E-state index contributed by atoms with van der Waals surface area (Å²) in [6.07, 6.45) is 0.678. The molecule has 0 spiro atoms. The molecule has 3 aromatic rings. The van der Waals surface area contributed by atoms with E-state index in [1.165, 1.54) is 6.07 Å². The number of rotatable bonds is 3. The smallest absolute Gasteiger partial charge is 0.130 e. The molecule has 1 aliphatic carbocycles. The average Bonchev–Trinajstić information content (AvgIpc) is 3.07. The van der Waals surface area contributed by atoms with E-state index in [-0.39, 0.29) is 5.82 Å². The summed E-state index contributed by atoms with van der Waals surface area (Å²) in [6.45, 7) is 0. The summed E-state index contributed by atoms with van der Waals surface area (Å²) in [7, 11) is 1.64. The highest BCUT2D eigenvalue weighted by molar-refractivity contribution is 5.79. The lowest BCUT2D eigenvalue weighted by atomic mass is 10.1. The van der Waals surface area contributed by atoms with Gasteiger partial charge in [0.05, 0.1) is 12.8 Å². The van der Waals surface area contributed by atoms with Gasteiger partial charge in [0.15, 0.2) is 0 Å². The van der Waals surface area contributed by atoms with Crippen molar-refractivity contribution in [3.05, 3.63) is 59.4 Å². The molecule has 1 aliphatic rings. The van der Waals surface area contributed by atoms with Gasteiger partial charge in [-0.05, 0) is 48.0 Å². The van der Waals surface area contributed by atoms with Crippen LogP contribution in [0.2, 0.25) is 0 Å². The molecule has 0 bridgehead atoms. The quantitative estimate of drug-likeness (QED) is 0.603. The molecule has 0 saturated heterocycles. The topological polar surface area (TPSA) is 49.9 Å². The molecule has 1 aromatic heterocycles. The van der Waals surface area contributed by atoms with Crippen LogP contribution in [0.5, 0.6) is 5.75 Å². The second kappa shape index (κ2) is 4.87. The molecule has 2 N–H and O–H groups in total. The molecular formula is C17H14FN3O. The maximum Gasteiger partial charge on any atom is 0.130 e. The third-order valence-corrected chi connectivity index (χ3v) is 3.92. The van der Waals surface area contributed by atoms with Crippen LogP contribution in [-0.2, 0) is 6.42 Å². The highest BCUT2D eigenvalue weighted by Crippen LogP contribution is 2.39. The second-order valence-corrected chi connectivity index (χ2v) is 5.26. The lowest BCUT2D eigenvalue weighted by Gasteiger charge is -2.06. The highest BCUT2D eigenvalue weighted by atomic mass is 19.1. The molecular weight excluding hydrogens is 281 g/mol. The fourth-order valence-corrected chi connectivity index (χ4v) is 2.81. The van der Waals surface area contributed by atoms with Crippen molar-refractivity contribution in [2.75, 3.05) is 12.4 Å². The van der Waals surface area contributed by atoms with Gasteiger partial charge in [0.25, 0.3) is 0 Å². The van der Waals surface area contributed by atoms with Gasteiger partial charge in [-0.2, -0.15) is 5.10 Å². The zero-order chi connectivity index (χ0) is 15.1. The van der Waals surface area contributed by atoms with Gasteiger partial charge in [-0.1, -0.05) is 0 Å². The Morgan fingerprint density at radius 3 is 2.77 bits per heavy atom. The minimum atomic E-state index is -0.211. The van der Waals surface area contributed by atoms with Crippen molar-refractivity contribution in [1.29, 1.82) is 0 Å². The van der Waals surface area contributed by atoms with Crippen LogP contribution >= 0.6 is 0 Å². The minimum absolute atomic E-state index is 0.211. The van der Waals surface area contributed by atoms with Crippen LogP contribution in [-0.4, -0.2) is 17.3 Å². The van der Waals surface area contributed by atoms with Crippen molar-refractivity contribution >= 4 is 11.5 Å². The van der Waals surface area contributed by atoms with E-state index in [2.05, 4.69) is 15.5 Å². The minimum Gasteiger partial charge on any atom is -0.497 e. The number of halogens is 1. The third-order valence-electron chi connectivity index (χ3n) is 3.92. The number of aromatic amines is 1. The largest absolute Gasteiger partial charge is 0.497 e. The Hall–Kier alpha value is -2.82. The number of hydrogen-bond donors (Lipinski definition) is 2. The van der Waals surface area contributed by atoms with Crippen molar-refractivity contribution < 1.29 is 9.13 Å². The maximum absolute atomic E-state index is 13.4. The van der Waals surface area contributed by atoms with Crippen LogP contribution in [0.25, 0.3) is 11.3 Å². The molecule has 0 unspecified atom stereocenters. The predicted molar refractivity (Wildman–Crippen MR) is 83.1 cm³/mol. The lowest BCUT2D eigenvalue weighted by molar-refractivity contribution is 0.415. The third kappa shape index (κ3) is 2.02. The van der Waals surface area contributed by atoms with Gasteiger partial charge >= 0.3 is 0 Å². The molecule has 110 valence electrons. The van der Waals surface area contributed by atoms with Crippen molar-refractivity contribution in [3.63, 3.8) is 0 Å². The SMILES string of the molecule is COc1ccc(Nc2[nH]nc3c2Cc2cc(F)ccc2-3)cc1. The van der Waals surface area contributed by atoms with Gasteiger partial charge in [0.1, 0.15) is 17.4 Å². The van der Waals surface area contributed by atoms with Crippen LogP contribution in [0.1, 0.15) is 11.1 Å². The van der Waals surface area contributed by atoms with E-state index in [1.54, 1.807) is 19.2 Å². The van der Waals surface area contributed by atoms with Gasteiger partial charge < -0.3 is 10.1 Å². The summed E-state index contributed by atoms with van der Waals surface area (Å²) in [5.74, 6) is 1.44. The zero-order valence-corrected chi connectivity index (χ0v) is 12.0. The van der Waals surface area contributed by atoms with Crippen LogP contribution in [0, 0.1) is 5.82 Å². The summed E-state index contributed by atoms with van der Waals surface area (Å²) in [6, 6.07) is 12.5. The zero-order valence-electron chi connectivity index (χ0n) is 12.0. The molecule has 4 nitrogen and oxygen atoms in total. The number of hydrogen-bond acceptors (Lipinski definition) is 3. The summed E-state index contributed by atoms with van der Waals surface area (Å²) in [5.41, 5.74) is 4.87. The number of fused-ring (bicyclic) bond motifs is 3. The molecule has 4 rings (SSSR count). The first kappa shape index (κ1) is 12.9. The number of aromatic nitrogens is 2. The van der Waals surface area contributed by atoms with Crippen LogP contribution in [0.15, 0.2) is 42.5 Å². The van der Waals surface area contributed by atoms with E-state index < -0.39 is 0 Å². The van der Waals surface area contributed by atoms with Gasteiger partial charge in [0, 0.05) is 23.2 Å². The predicted octanol–water partition coefficient (Wildman–Crippen LogP) is 3.87. The van der Waals surface area contributed by atoms with E-state index >= 15 is 0 Å². The van der Waals surface area contributed by atoms with Crippen LogP contribution in [0.4, 0.5) is 15.9 Å². The number of ether oxygens (including phenoxy) is 1. The monoisotopic (exact) mass is 295 g/mol. The van der Waals surface area contributed by atoms with Crippen molar-refractivity contribution in [1.82, 2.24) is 10.2 Å². The Balaban J connectivity index is 1.65. The summed E-state index contributed by atoms with van der Waals surface area (Å²) >= 11 is 0. The Kier molecular flexibility index (Phi) is 2.85. The Morgan fingerprint density at radius 1 is 1.18 bits per heavy atom. The standard InChI is InChI=1S/C17H14FN3O/c1-22-13-5-3-12(4-6-13)19-17-15-9-10-8-11(18)2-7-14(10)16(15)20-21-17/h2-8H,9H2,1H3,(H2,19,20,21). The highest BCUT2D eigenvalue weighted by Gasteiger charge is 2.25. The fraction of sp³-hybridized carbons (Fsp3) is 0.118. The molecule has 0 atom stereocenters. The lowest BCUT2D eigenvalue weighted by Crippen LogP contribution is -1.95. The number of H-pyrrole nitrogens is 1. The van der Waals surface area contributed by atoms with Crippen molar-refractivity contribution in [2.45, 2.75) is 6.42 Å². The first-order valence-corrected chi connectivity index (χ1v) is 7.02. The van der Waals surface area contributed by atoms with Gasteiger partial charge in [-0.15, -0.1) is 0 Å². The first-order chi connectivity index (χ1) is 10.7. The number of anilines is 2. The summed E-state index contributed by atoms with van der Waals surface area (Å²) in [4.78, 5) is 0. The van der Waals surface area contributed by atoms with Crippen molar-refractivity contribution in [3.8, 4) is 17.0 Å². The van der Waals surface area contributed by atoms with Crippen LogP contribution in [0.3, 0.4) is 0 Å². The molecule has 5 heteroatoms. The van der Waals surface area contributed by atoms with Crippen molar-refractivity contribution in [2.24, 2.45) is 0 Å². The van der Waals surface area contributed by atoms with Gasteiger partial charge in [0.2, 0.25) is 0 Å². The molecule has 2 aromatic carbocycles. The molecule has 1 heterocycles. The molecule has 0 radical (unpaired) electrons. The first-order valence-electron chi connectivity index (χ1n) is 7.02. The molecule has 0 fully saturated rings. The van der Waals surface area contributed by atoms with Gasteiger partial charge in [-0.3, -0.25) is 5.10 Å². The fourth-order valence-electron chi connectivity index (χ4n) is 2.81. The Morgan fingerprint density at radius 2 is 2.00 bits per heavy atom. The Labute approximate surface area is 126 Å². The van der Waals surface area contributed by atoms with E-state index in [0.29, 0.717) is 6.42 Å². The van der Waals surface area contributed by atoms with E-state index in [9.17, 15) is 4.39 Å². The Bertz CT molecular complexity index is 840. The number of methoxy groups -OCH3 is 1. The van der Waals surface area contributed by atoms with E-state index in [4.69, 9.17) is 4.74 Å². The normalized spacial score (nSPS) is 11.9. The number of nitrogens with zero attached hydrogens (tertiary/aromatic N) is 1. The van der Waals surface area contributed by atoms with E-state index in [1.807, 2.05) is 24.3 Å². The average molecular weight is 295 g/mol. The second-order valence-electron chi connectivity index (χ2n) is 5.26. The number of nitrogens with one attached hydrogen (secondary N) is 2. The van der Waals surface area contributed by atoms with E-state index in [0.717, 1.165) is 39.6 Å². The molecule has 0 saturated carbocycles.